The van der Waals surface area contributed by atoms with E-state index < -0.39 is 0 Å². The lowest BCUT2D eigenvalue weighted by Gasteiger charge is -2.33. The number of aromatic nitrogens is 1. The van der Waals surface area contributed by atoms with E-state index in [0.717, 1.165) is 5.82 Å². The van der Waals surface area contributed by atoms with Gasteiger partial charge in [0.2, 0.25) is 0 Å². The van der Waals surface area contributed by atoms with Gasteiger partial charge in [-0.25, -0.2) is 4.98 Å². The van der Waals surface area contributed by atoms with Crippen molar-refractivity contribution in [1.82, 2.24) is 4.98 Å². The summed E-state index contributed by atoms with van der Waals surface area (Å²) in [5, 5.41) is 0. The second-order valence-corrected chi connectivity index (χ2v) is 9.77. The van der Waals surface area contributed by atoms with Crippen molar-refractivity contribution < 1.29 is 0 Å². The summed E-state index contributed by atoms with van der Waals surface area (Å²) in [6.07, 6.45) is 1.87. The fourth-order valence-electron chi connectivity index (χ4n) is 6.42. The molecule has 0 saturated heterocycles. The van der Waals surface area contributed by atoms with Crippen LogP contribution in [0.5, 0.6) is 0 Å². The molecule has 1 heterocycles. The Morgan fingerprint density at radius 1 is 0.571 bits per heavy atom. The normalized spacial score (nSPS) is 13.9. The molecule has 0 bridgehead atoms. The molecule has 0 fully saturated rings. The molecule has 0 saturated carbocycles. The molecule has 0 atom stereocenters. The van der Waals surface area contributed by atoms with Gasteiger partial charge in [0.15, 0.2) is 0 Å². The maximum absolute atomic E-state index is 4.70. The lowest BCUT2D eigenvalue weighted by molar-refractivity contribution is 0.768. The summed E-state index contributed by atoms with van der Waals surface area (Å²) in [5.74, 6) is 0.972. The third-order valence-corrected chi connectivity index (χ3v) is 7.67. The number of hydrogen-bond acceptors (Lipinski definition) is 2. The lowest BCUT2D eigenvalue weighted by Crippen LogP contribution is -2.28. The highest BCUT2D eigenvalue weighted by atomic mass is 15.2. The second kappa shape index (κ2) is 7.41. The first kappa shape index (κ1) is 20.2. The minimum atomic E-state index is -0.318. The number of hydrogen-bond donors (Lipinski definition) is 0. The summed E-state index contributed by atoms with van der Waals surface area (Å²) in [6.45, 7) is 4.46. The Balaban J connectivity index is 1.57. The Morgan fingerprint density at radius 3 is 1.60 bits per heavy atom. The zero-order valence-electron chi connectivity index (χ0n) is 19.9. The van der Waals surface area contributed by atoms with Crippen LogP contribution >= 0.6 is 0 Å². The van der Waals surface area contributed by atoms with Crippen LogP contribution in [0.4, 0.5) is 11.5 Å². The molecule has 7 rings (SSSR count). The van der Waals surface area contributed by atoms with Crippen molar-refractivity contribution in [3.8, 4) is 22.3 Å². The Bertz CT molecular complexity index is 1520. The topological polar surface area (TPSA) is 16.1 Å². The average molecular weight is 451 g/mol. The van der Waals surface area contributed by atoms with Crippen molar-refractivity contribution in [2.75, 3.05) is 4.90 Å². The van der Waals surface area contributed by atoms with Crippen LogP contribution in [0.2, 0.25) is 0 Å². The van der Waals surface area contributed by atoms with Crippen molar-refractivity contribution in [3.05, 3.63) is 138 Å². The fourth-order valence-corrected chi connectivity index (χ4v) is 6.42. The van der Waals surface area contributed by atoms with Crippen LogP contribution in [0, 0.1) is 0 Å². The molecular formula is C33H26N2. The predicted molar refractivity (Wildman–Crippen MR) is 144 cm³/mol. The van der Waals surface area contributed by atoms with Crippen LogP contribution in [0.1, 0.15) is 36.1 Å². The predicted octanol–water partition coefficient (Wildman–Crippen LogP) is 7.97. The highest BCUT2D eigenvalue weighted by Gasteiger charge is 2.51. The Hall–Kier alpha value is -4.17. The third-order valence-electron chi connectivity index (χ3n) is 7.67. The molecule has 2 aliphatic rings. The molecule has 1 aromatic heterocycles. The highest BCUT2D eigenvalue weighted by Crippen LogP contribution is 2.63. The molecular weight excluding hydrogens is 424 g/mol. The summed E-state index contributed by atoms with van der Waals surface area (Å²) < 4.78 is 0. The molecule has 5 aromatic rings. The van der Waals surface area contributed by atoms with Crippen LogP contribution in [-0.2, 0) is 5.41 Å². The van der Waals surface area contributed by atoms with Crippen LogP contribution < -0.4 is 4.90 Å². The van der Waals surface area contributed by atoms with Gasteiger partial charge in [0.25, 0.3) is 0 Å². The van der Waals surface area contributed by atoms with Gasteiger partial charge in [0.1, 0.15) is 5.82 Å². The standard InChI is InChI=1S/C33H26N2/c1-22(2)35(32-17-9-10-20-34-32)23-18-19-27-26-13-5-8-16-30(26)33(31(27)21-23)28-14-6-3-11-24(28)25-12-4-7-15-29(25)33/h3-22H,1-2H3. The van der Waals surface area contributed by atoms with E-state index in [1.165, 1.54) is 50.2 Å². The zero-order valence-corrected chi connectivity index (χ0v) is 19.9. The van der Waals surface area contributed by atoms with Crippen molar-refractivity contribution >= 4 is 11.5 Å². The molecule has 0 unspecified atom stereocenters. The monoisotopic (exact) mass is 450 g/mol. The van der Waals surface area contributed by atoms with E-state index in [1.807, 2.05) is 12.3 Å². The number of benzene rings is 4. The molecule has 0 N–H and O–H groups in total. The number of nitrogens with zero attached hydrogens (tertiary/aromatic N) is 2. The van der Waals surface area contributed by atoms with Crippen molar-refractivity contribution in [1.29, 1.82) is 0 Å². The van der Waals surface area contributed by atoms with Gasteiger partial charge < -0.3 is 4.90 Å². The van der Waals surface area contributed by atoms with Gasteiger partial charge in [-0.2, -0.15) is 0 Å². The zero-order chi connectivity index (χ0) is 23.6. The molecule has 1 spiro atoms. The van der Waals surface area contributed by atoms with E-state index in [4.69, 9.17) is 4.98 Å². The van der Waals surface area contributed by atoms with Crippen molar-refractivity contribution in [3.63, 3.8) is 0 Å². The molecule has 168 valence electrons. The van der Waals surface area contributed by atoms with Crippen molar-refractivity contribution in [2.24, 2.45) is 0 Å². The fraction of sp³-hybridized carbons (Fsp3) is 0.121. The quantitative estimate of drug-likeness (QED) is 0.271. The van der Waals surface area contributed by atoms with Gasteiger partial charge >= 0.3 is 0 Å². The number of rotatable bonds is 3. The first-order valence-corrected chi connectivity index (χ1v) is 12.4. The van der Waals surface area contributed by atoms with Crippen LogP contribution in [0.15, 0.2) is 115 Å². The highest BCUT2D eigenvalue weighted by molar-refractivity contribution is 5.95. The minimum absolute atomic E-state index is 0.269. The van der Waals surface area contributed by atoms with E-state index in [9.17, 15) is 0 Å². The molecule has 35 heavy (non-hydrogen) atoms. The Morgan fingerprint density at radius 2 is 1.09 bits per heavy atom. The summed E-state index contributed by atoms with van der Waals surface area (Å²) in [7, 11) is 0. The number of anilines is 2. The average Bonchev–Trinajstić information content (AvgIpc) is 3.36. The van der Waals surface area contributed by atoms with Gasteiger partial charge in [-0.05, 0) is 82.6 Å². The summed E-state index contributed by atoms with van der Waals surface area (Å²) >= 11 is 0. The molecule has 0 radical (unpaired) electrons. The maximum Gasteiger partial charge on any atom is 0.133 e. The lowest BCUT2D eigenvalue weighted by atomic mass is 9.70. The summed E-state index contributed by atoms with van der Waals surface area (Å²) in [6, 6.07) is 40.3. The maximum atomic E-state index is 4.70. The Kier molecular flexibility index (Phi) is 4.28. The SMILES string of the molecule is CC(C)N(c1ccc2c(c1)C1(c3ccccc3-c3ccccc31)c1ccccc1-2)c1ccccn1. The first-order chi connectivity index (χ1) is 17.2. The molecule has 0 aliphatic heterocycles. The van der Waals surface area contributed by atoms with Gasteiger partial charge in [0.05, 0.1) is 5.41 Å². The van der Waals surface area contributed by atoms with Gasteiger partial charge in [-0.3, -0.25) is 0 Å². The van der Waals surface area contributed by atoms with E-state index in [2.05, 4.69) is 122 Å². The third kappa shape index (κ3) is 2.62. The van der Waals surface area contributed by atoms with Gasteiger partial charge in [0, 0.05) is 17.9 Å². The summed E-state index contributed by atoms with van der Waals surface area (Å²) in [4.78, 5) is 7.03. The van der Waals surface area contributed by atoms with E-state index >= 15 is 0 Å². The Labute approximate surface area is 206 Å². The van der Waals surface area contributed by atoms with E-state index in [1.54, 1.807) is 0 Å². The smallest absolute Gasteiger partial charge is 0.133 e. The van der Waals surface area contributed by atoms with Gasteiger partial charge in [-0.15, -0.1) is 0 Å². The number of pyridine rings is 1. The van der Waals surface area contributed by atoms with Crippen LogP contribution in [0.25, 0.3) is 22.3 Å². The molecule has 2 nitrogen and oxygen atoms in total. The van der Waals surface area contributed by atoms with E-state index in [0.29, 0.717) is 0 Å². The molecule has 2 aliphatic carbocycles. The molecule has 4 aromatic carbocycles. The summed E-state index contributed by atoms with van der Waals surface area (Å²) in [5.41, 5.74) is 11.7. The molecule has 0 amide bonds. The van der Waals surface area contributed by atoms with Crippen LogP contribution in [-0.4, -0.2) is 11.0 Å². The van der Waals surface area contributed by atoms with Crippen LogP contribution in [0.3, 0.4) is 0 Å². The first-order valence-electron chi connectivity index (χ1n) is 12.4. The minimum Gasteiger partial charge on any atom is -0.324 e. The van der Waals surface area contributed by atoms with Gasteiger partial charge in [-0.1, -0.05) is 84.9 Å². The number of fused-ring (bicyclic) bond motifs is 10. The van der Waals surface area contributed by atoms with Crippen molar-refractivity contribution in [2.45, 2.75) is 25.3 Å². The molecule has 2 heteroatoms. The second-order valence-electron chi connectivity index (χ2n) is 9.77. The van der Waals surface area contributed by atoms with E-state index in [-0.39, 0.29) is 11.5 Å². The largest absolute Gasteiger partial charge is 0.324 e.